The van der Waals surface area contributed by atoms with Gasteiger partial charge in [0.05, 0.1) is 0 Å². The fourth-order valence-electron chi connectivity index (χ4n) is 2.00. The molecule has 0 spiro atoms. The van der Waals surface area contributed by atoms with E-state index in [4.69, 9.17) is 0 Å². The number of piperidine rings is 1. The lowest BCUT2D eigenvalue weighted by atomic mass is 10.1. The van der Waals surface area contributed by atoms with E-state index >= 15 is 0 Å². The molecular formula is C11H14ClF3N2O2S. The number of hydrogen-bond acceptors (Lipinski definition) is 3. The topological polar surface area (TPSA) is 58.2 Å². The number of rotatable bonds is 3. The SMILES string of the molecule is Cl.O=S(=O)(NC1CCNCC1)c1c(F)cc(F)cc1F. The molecule has 1 fully saturated rings. The summed E-state index contributed by atoms with van der Waals surface area (Å²) in [5.74, 6) is -4.02. The molecule has 2 N–H and O–H groups in total. The lowest BCUT2D eigenvalue weighted by molar-refractivity contribution is 0.423. The van der Waals surface area contributed by atoms with Crippen molar-refractivity contribution in [2.45, 2.75) is 23.8 Å². The average molecular weight is 331 g/mol. The van der Waals surface area contributed by atoms with Crippen LogP contribution in [0.4, 0.5) is 13.2 Å². The van der Waals surface area contributed by atoms with E-state index in [1.165, 1.54) is 0 Å². The molecular weight excluding hydrogens is 317 g/mol. The molecule has 1 heterocycles. The third kappa shape index (κ3) is 3.85. The van der Waals surface area contributed by atoms with Crippen LogP contribution in [0.2, 0.25) is 0 Å². The van der Waals surface area contributed by atoms with Crippen LogP contribution in [0.3, 0.4) is 0 Å². The van der Waals surface area contributed by atoms with Gasteiger partial charge >= 0.3 is 0 Å². The molecule has 0 aliphatic carbocycles. The molecule has 1 aliphatic heterocycles. The summed E-state index contributed by atoms with van der Waals surface area (Å²) < 4.78 is 65.7. The van der Waals surface area contributed by atoms with Gasteiger partial charge in [-0.2, -0.15) is 0 Å². The quantitative estimate of drug-likeness (QED) is 0.884. The van der Waals surface area contributed by atoms with E-state index in [9.17, 15) is 21.6 Å². The Balaban J connectivity index is 0.00000200. The zero-order valence-electron chi connectivity index (χ0n) is 10.3. The highest BCUT2D eigenvalue weighted by atomic mass is 35.5. The minimum atomic E-state index is -4.33. The fourth-order valence-corrected chi connectivity index (χ4v) is 3.43. The maximum Gasteiger partial charge on any atom is 0.246 e. The van der Waals surface area contributed by atoms with Crippen molar-refractivity contribution in [1.82, 2.24) is 10.0 Å². The monoisotopic (exact) mass is 330 g/mol. The Morgan fingerprint density at radius 2 is 1.60 bits per heavy atom. The molecule has 1 aliphatic rings. The molecule has 2 rings (SSSR count). The number of nitrogens with one attached hydrogen (secondary N) is 2. The molecule has 0 aromatic heterocycles. The Morgan fingerprint density at radius 3 is 2.10 bits per heavy atom. The Hall–Kier alpha value is -0.830. The van der Waals surface area contributed by atoms with Gasteiger partial charge in [0.15, 0.2) is 4.90 Å². The minimum absolute atomic E-state index is 0. The van der Waals surface area contributed by atoms with Gasteiger partial charge in [0.25, 0.3) is 0 Å². The van der Waals surface area contributed by atoms with E-state index in [-0.39, 0.29) is 18.4 Å². The first-order chi connectivity index (χ1) is 8.90. The lowest BCUT2D eigenvalue weighted by Crippen LogP contribution is -2.43. The minimum Gasteiger partial charge on any atom is -0.317 e. The summed E-state index contributed by atoms with van der Waals surface area (Å²) >= 11 is 0. The van der Waals surface area contributed by atoms with E-state index in [1.54, 1.807) is 0 Å². The zero-order valence-corrected chi connectivity index (χ0v) is 12.0. The Bertz CT molecular complexity index is 554. The predicted molar refractivity (Wildman–Crippen MR) is 69.8 cm³/mol. The molecule has 0 bridgehead atoms. The first-order valence-corrected chi connectivity index (χ1v) is 7.26. The third-order valence-electron chi connectivity index (χ3n) is 2.89. The van der Waals surface area contributed by atoms with Crippen molar-refractivity contribution in [2.75, 3.05) is 13.1 Å². The molecule has 0 amide bonds. The molecule has 1 aromatic carbocycles. The van der Waals surface area contributed by atoms with E-state index in [1.807, 2.05) is 0 Å². The van der Waals surface area contributed by atoms with Crippen LogP contribution >= 0.6 is 12.4 Å². The summed E-state index contributed by atoms with van der Waals surface area (Å²) in [6.07, 6.45) is 1.06. The number of halogens is 4. The number of sulfonamides is 1. The van der Waals surface area contributed by atoms with Crippen molar-refractivity contribution >= 4 is 22.4 Å². The number of benzene rings is 1. The fraction of sp³-hybridized carbons (Fsp3) is 0.455. The summed E-state index contributed by atoms with van der Waals surface area (Å²) in [5.41, 5.74) is 0. The summed E-state index contributed by atoms with van der Waals surface area (Å²) in [7, 11) is -4.33. The molecule has 20 heavy (non-hydrogen) atoms. The van der Waals surface area contributed by atoms with E-state index in [2.05, 4.69) is 10.0 Å². The molecule has 0 radical (unpaired) electrons. The second-order valence-corrected chi connectivity index (χ2v) is 5.99. The van der Waals surface area contributed by atoms with Gasteiger partial charge in [-0.3, -0.25) is 0 Å². The molecule has 9 heteroatoms. The van der Waals surface area contributed by atoms with Gasteiger partial charge in [0.1, 0.15) is 17.5 Å². The highest BCUT2D eigenvalue weighted by Gasteiger charge is 2.28. The largest absolute Gasteiger partial charge is 0.317 e. The van der Waals surface area contributed by atoms with Gasteiger partial charge in [-0.15, -0.1) is 12.4 Å². The molecule has 1 saturated heterocycles. The van der Waals surface area contributed by atoms with Crippen LogP contribution in [0, 0.1) is 17.5 Å². The standard InChI is InChI=1S/C11H13F3N2O2S.ClH/c12-7-5-9(13)11(10(14)6-7)19(17,18)16-8-1-3-15-4-2-8;/h5-6,8,15-16H,1-4H2;1H. The van der Waals surface area contributed by atoms with Crippen molar-refractivity contribution in [3.05, 3.63) is 29.6 Å². The van der Waals surface area contributed by atoms with Crippen LogP contribution < -0.4 is 10.0 Å². The first-order valence-electron chi connectivity index (χ1n) is 5.78. The van der Waals surface area contributed by atoms with Gasteiger partial charge in [-0.05, 0) is 25.9 Å². The molecule has 4 nitrogen and oxygen atoms in total. The van der Waals surface area contributed by atoms with Crippen molar-refractivity contribution in [1.29, 1.82) is 0 Å². The van der Waals surface area contributed by atoms with Crippen molar-refractivity contribution in [3.8, 4) is 0 Å². The molecule has 0 atom stereocenters. The van der Waals surface area contributed by atoms with Crippen LogP contribution in [0.25, 0.3) is 0 Å². The summed E-state index contributed by atoms with van der Waals surface area (Å²) in [6, 6.07) is 0.315. The highest BCUT2D eigenvalue weighted by molar-refractivity contribution is 7.89. The zero-order chi connectivity index (χ0) is 14.0. The Labute approximate surface area is 121 Å². The maximum atomic E-state index is 13.4. The average Bonchev–Trinajstić information content (AvgIpc) is 2.27. The smallest absolute Gasteiger partial charge is 0.246 e. The lowest BCUT2D eigenvalue weighted by Gasteiger charge is -2.23. The summed E-state index contributed by atoms with van der Waals surface area (Å²) in [6.45, 7) is 1.25. The van der Waals surface area contributed by atoms with Crippen LogP contribution in [-0.4, -0.2) is 27.5 Å². The van der Waals surface area contributed by atoms with Crippen LogP contribution in [-0.2, 0) is 10.0 Å². The van der Waals surface area contributed by atoms with Crippen LogP contribution in [0.1, 0.15) is 12.8 Å². The molecule has 1 aromatic rings. The predicted octanol–water partition coefficient (Wildman–Crippen LogP) is 1.56. The summed E-state index contributed by atoms with van der Waals surface area (Å²) in [5, 5.41) is 3.04. The van der Waals surface area contributed by atoms with Gasteiger partial charge in [0, 0.05) is 18.2 Å². The second kappa shape index (κ2) is 6.75. The maximum absolute atomic E-state index is 13.4. The van der Waals surface area contributed by atoms with E-state index < -0.39 is 32.4 Å². The second-order valence-electron chi connectivity index (χ2n) is 4.34. The highest BCUT2D eigenvalue weighted by Crippen LogP contribution is 2.21. The Kier molecular flexibility index (Phi) is 5.81. The van der Waals surface area contributed by atoms with Crippen molar-refractivity contribution in [3.63, 3.8) is 0 Å². The van der Waals surface area contributed by atoms with Gasteiger partial charge in [0.2, 0.25) is 10.0 Å². The van der Waals surface area contributed by atoms with Crippen LogP contribution in [0.5, 0.6) is 0 Å². The molecule has 0 saturated carbocycles. The van der Waals surface area contributed by atoms with E-state index in [0.29, 0.717) is 38.1 Å². The van der Waals surface area contributed by atoms with Gasteiger partial charge in [-0.1, -0.05) is 0 Å². The number of hydrogen-bond donors (Lipinski definition) is 2. The van der Waals surface area contributed by atoms with Gasteiger partial charge < -0.3 is 5.32 Å². The van der Waals surface area contributed by atoms with E-state index in [0.717, 1.165) is 0 Å². The Morgan fingerprint density at radius 1 is 1.10 bits per heavy atom. The van der Waals surface area contributed by atoms with Crippen molar-refractivity contribution < 1.29 is 21.6 Å². The summed E-state index contributed by atoms with van der Waals surface area (Å²) in [4.78, 5) is -1.13. The third-order valence-corrected chi connectivity index (χ3v) is 4.46. The normalized spacial score (nSPS) is 16.8. The molecule has 0 unspecified atom stereocenters. The molecule has 114 valence electrons. The van der Waals surface area contributed by atoms with Gasteiger partial charge in [-0.25, -0.2) is 26.3 Å². The first kappa shape index (κ1) is 17.2. The van der Waals surface area contributed by atoms with Crippen molar-refractivity contribution in [2.24, 2.45) is 0 Å². The van der Waals surface area contributed by atoms with Crippen LogP contribution in [0.15, 0.2) is 17.0 Å².